The lowest BCUT2D eigenvalue weighted by atomic mass is 9.75. The van der Waals surface area contributed by atoms with E-state index in [-0.39, 0.29) is 24.4 Å². The first-order valence-corrected chi connectivity index (χ1v) is 12.6. The first-order chi connectivity index (χ1) is 16.7. The van der Waals surface area contributed by atoms with Crippen LogP contribution in [0.4, 0.5) is 11.5 Å². The first-order valence-electron chi connectivity index (χ1n) is 12.6. The second-order valence-corrected chi connectivity index (χ2v) is 11.1. The third kappa shape index (κ3) is 3.93. The van der Waals surface area contributed by atoms with Crippen molar-refractivity contribution in [3.63, 3.8) is 0 Å². The Bertz CT molecular complexity index is 1260. The summed E-state index contributed by atoms with van der Waals surface area (Å²) in [5, 5.41) is 10.9. The van der Waals surface area contributed by atoms with Crippen molar-refractivity contribution in [1.82, 2.24) is 14.9 Å². The number of hydrogen-bond acceptors (Lipinski definition) is 7. The van der Waals surface area contributed by atoms with E-state index in [2.05, 4.69) is 61.8 Å². The Kier molecular flexibility index (Phi) is 5.41. The molecule has 35 heavy (non-hydrogen) atoms. The van der Waals surface area contributed by atoms with Gasteiger partial charge in [0.05, 0.1) is 17.3 Å². The predicted octanol–water partition coefficient (Wildman–Crippen LogP) is 3.19. The van der Waals surface area contributed by atoms with Gasteiger partial charge in [-0.1, -0.05) is 12.1 Å². The van der Waals surface area contributed by atoms with E-state index < -0.39 is 0 Å². The van der Waals surface area contributed by atoms with Crippen molar-refractivity contribution < 1.29 is 14.4 Å². The number of rotatable bonds is 4. The molecule has 0 unspecified atom stereocenters. The molecule has 0 aliphatic carbocycles. The highest BCUT2D eigenvalue weighted by molar-refractivity contribution is 6.62. The smallest absolute Gasteiger partial charge is 0.399 e. The minimum absolute atomic E-state index is 0.212. The van der Waals surface area contributed by atoms with Gasteiger partial charge in [0.2, 0.25) is 0 Å². The summed E-state index contributed by atoms with van der Waals surface area (Å²) in [5.74, 6) is 0.885. The highest BCUT2D eigenvalue weighted by Crippen LogP contribution is 2.39. The number of β-amino-alcohol motifs (C(OH)–C–C–N with tert-alkyl or cyclic N) is 1. The number of likely N-dealkylation sites (tertiary alicyclic amines) is 1. The molecule has 1 aromatic carbocycles. The SMILES string of the molecule is CC1(C)OB(c2cccc3c2CCN3c2nccc3cc(CN4CC[C@@H](O)C4)cnc23)OC1(C)C. The number of pyridine rings is 2. The van der Waals surface area contributed by atoms with Crippen LogP contribution in [-0.2, 0) is 22.3 Å². The Morgan fingerprint density at radius 3 is 2.63 bits per heavy atom. The summed E-state index contributed by atoms with van der Waals surface area (Å²) in [6.45, 7) is 11.7. The Hall–Kier alpha value is -2.52. The fourth-order valence-corrected chi connectivity index (χ4v) is 5.46. The third-order valence-corrected chi connectivity index (χ3v) is 8.12. The van der Waals surface area contributed by atoms with Crippen LogP contribution in [0.15, 0.2) is 42.7 Å². The summed E-state index contributed by atoms with van der Waals surface area (Å²) in [7, 11) is -0.375. The zero-order valence-corrected chi connectivity index (χ0v) is 21.0. The van der Waals surface area contributed by atoms with Gasteiger partial charge in [0, 0.05) is 49.6 Å². The molecule has 0 saturated carbocycles. The predicted molar refractivity (Wildman–Crippen MR) is 138 cm³/mol. The van der Waals surface area contributed by atoms with Crippen molar-refractivity contribution in [2.75, 3.05) is 24.5 Å². The molecule has 3 aromatic rings. The normalized spacial score (nSPS) is 23.4. The molecule has 2 aromatic heterocycles. The Morgan fingerprint density at radius 2 is 1.89 bits per heavy atom. The van der Waals surface area contributed by atoms with E-state index in [9.17, 15) is 5.11 Å². The molecule has 2 saturated heterocycles. The molecule has 3 aliphatic heterocycles. The van der Waals surface area contributed by atoms with Gasteiger partial charge in [0.25, 0.3) is 0 Å². The molecule has 5 heterocycles. The summed E-state index contributed by atoms with van der Waals surface area (Å²) >= 11 is 0. The van der Waals surface area contributed by atoms with Crippen molar-refractivity contribution in [2.45, 2.75) is 64.4 Å². The zero-order chi connectivity index (χ0) is 24.4. The maximum Gasteiger partial charge on any atom is 0.495 e. The monoisotopic (exact) mass is 472 g/mol. The van der Waals surface area contributed by atoms with Crippen molar-refractivity contribution in [1.29, 1.82) is 0 Å². The molecule has 0 amide bonds. The average molecular weight is 472 g/mol. The average Bonchev–Trinajstić information content (AvgIpc) is 3.48. The number of aliphatic hydroxyl groups excluding tert-OH is 1. The highest BCUT2D eigenvalue weighted by Gasteiger charge is 2.52. The van der Waals surface area contributed by atoms with E-state index in [0.29, 0.717) is 0 Å². The van der Waals surface area contributed by atoms with Crippen LogP contribution in [0, 0.1) is 0 Å². The minimum Gasteiger partial charge on any atom is -0.399 e. The van der Waals surface area contributed by atoms with Crippen molar-refractivity contribution in [2.24, 2.45) is 0 Å². The van der Waals surface area contributed by atoms with Crippen molar-refractivity contribution >= 4 is 35.0 Å². The quantitative estimate of drug-likeness (QED) is 0.585. The van der Waals surface area contributed by atoms with Gasteiger partial charge in [-0.15, -0.1) is 0 Å². The summed E-state index contributed by atoms with van der Waals surface area (Å²) in [6, 6.07) is 10.6. The Labute approximate surface area is 207 Å². The third-order valence-electron chi connectivity index (χ3n) is 8.12. The molecule has 7 nitrogen and oxygen atoms in total. The van der Waals surface area contributed by atoms with E-state index in [4.69, 9.17) is 19.3 Å². The lowest BCUT2D eigenvalue weighted by Gasteiger charge is -2.32. The zero-order valence-electron chi connectivity index (χ0n) is 21.0. The van der Waals surface area contributed by atoms with Gasteiger partial charge in [-0.25, -0.2) is 4.98 Å². The standard InChI is InChI=1S/C27H33BN4O3/c1-26(2)27(3,4)35-28(34-26)22-6-5-7-23-21(22)10-13-32(23)25-24-19(8-11-29-25)14-18(15-30-24)16-31-12-9-20(33)17-31/h5-8,11,14-15,20,33H,9-10,12-13,16-17H2,1-4H3/t20-/m1/s1. The molecule has 1 N–H and O–H groups in total. The van der Waals surface area contributed by atoms with E-state index in [1.807, 2.05) is 18.5 Å². The molecule has 3 aliphatic rings. The van der Waals surface area contributed by atoms with Crippen LogP contribution in [-0.4, -0.2) is 64.0 Å². The van der Waals surface area contributed by atoms with Gasteiger partial charge >= 0.3 is 7.12 Å². The molecular weight excluding hydrogens is 439 g/mol. The van der Waals surface area contributed by atoms with Gasteiger partial charge in [0.15, 0.2) is 5.82 Å². The fourth-order valence-electron chi connectivity index (χ4n) is 5.46. The molecule has 1 atom stereocenters. The molecule has 8 heteroatoms. The lowest BCUT2D eigenvalue weighted by Crippen LogP contribution is -2.41. The van der Waals surface area contributed by atoms with Gasteiger partial charge in [-0.3, -0.25) is 9.88 Å². The summed E-state index contributed by atoms with van der Waals surface area (Å²) in [5.41, 5.74) is 4.84. The van der Waals surface area contributed by atoms with E-state index >= 15 is 0 Å². The van der Waals surface area contributed by atoms with Gasteiger partial charge in [0.1, 0.15) is 5.52 Å². The van der Waals surface area contributed by atoms with Crippen molar-refractivity contribution in [3.05, 3.63) is 53.9 Å². The number of aliphatic hydroxyl groups is 1. The highest BCUT2D eigenvalue weighted by atomic mass is 16.7. The number of anilines is 2. The van der Waals surface area contributed by atoms with E-state index in [1.165, 1.54) is 5.56 Å². The number of aromatic nitrogens is 2. The van der Waals surface area contributed by atoms with Gasteiger partial charge < -0.3 is 19.3 Å². The maximum absolute atomic E-state index is 9.84. The number of benzene rings is 1. The molecule has 6 rings (SSSR count). The van der Waals surface area contributed by atoms with Crippen LogP contribution in [0.2, 0.25) is 0 Å². The molecule has 0 bridgehead atoms. The van der Waals surface area contributed by atoms with Gasteiger partial charge in [-0.05, 0) is 75.3 Å². The second-order valence-electron chi connectivity index (χ2n) is 11.1. The summed E-state index contributed by atoms with van der Waals surface area (Å²) in [4.78, 5) is 14.2. The van der Waals surface area contributed by atoms with Crippen molar-refractivity contribution in [3.8, 4) is 0 Å². The van der Waals surface area contributed by atoms with Crippen LogP contribution in [0.5, 0.6) is 0 Å². The minimum atomic E-state index is -0.375. The summed E-state index contributed by atoms with van der Waals surface area (Å²) in [6.07, 6.45) is 5.37. The molecular formula is C27H33BN4O3. The van der Waals surface area contributed by atoms with Crippen LogP contribution in [0.3, 0.4) is 0 Å². The van der Waals surface area contributed by atoms with E-state index in [1.54, 1.807) is 0 Å². The first kappa shape index (κ1) is 22.9. The van der Waals surface area contributed by atoms with Crippen LogP contribution >= 0.6 is 0 Å². The topological polar surface area (TPSA) is 71.0 Å². The van der Waals surface area contributed by atoms with E-state index in [0.717, 1.165) is 72.5 Å². The van der Waals surface area contributed by atoms with Crippen LogP contribution in [0.1, 0.15) is 45.2 Å². The van der Waals surface area contributed by atoms with Crippen LogP contribution in [0.25, 0.3) is 10.9 Å². The number of hydrogen-bond donors (Lipinski definition) is 1. The summed E-state index contributed by atoms with van der Waals surface area (Å²) < 4.78 is 12.7. The molecule has 2 fully saturated rings. The number of nitrogens with zero attached hydrogens (tertiary/aromatic N) is 4. The largest absolute Gasteiger partial charge is 0.495 e. The second kappa shape index (κ2) is 8.27. The number of fused-ring (bicyclic) bond motifs is 2. The fraction of sp³-hybridized carbons (Fsp3) is 0.481. The molecule has 0 radical (unpaired) electrons. The Balaban J connectivity index is 1.31. The Morgan fingerprint density at radius 1 is 1.09 bits per heavy atom. The molecule has 0 spiro atoms. The van der Waals surface area contributed by atoms with Gasteiger partial charge in [-0.2, -0.15) is 0 Å². The van der Waals surface area contributed by atoms with Crippen LogP contribution < -0.4 is 10.4 Å². The lowest BCUT2D eigenvalue weighted by molar-refractivity contribution is 0.00578. The maximum atomic E-state index is 9.84. The molecule has 182 valence electrons.